The number of benzene rings is 9. The molecule has 0 bridgehead atoms. The monoisotopic (exact) mass is 730 g/mol. The van der Waals surface area contributed by atoms with Crippen molar-refractivity contribution in [1.82, 2.24) is 0 Å². The van der Waals surface area contributed by atoms with Crippen molar-refractivity contribution in [3.05, 3.63) is 204 Å². The summed E-state index contributed by atoms with van der Waals surface area (Å²) in [6.45, 7) is 0. The molecule has 0 atom stereocenters. The van der Waals surface area contributed by atoms with Crippen molar-refractivity contribution in [1.29, 1.82) is 0 Å². The maximum absolute atomic E-state index is 6.82. The van der Waals surface area contributed by atoms with Gasteiger partial charge in [0.05, 0.1) is 5.41 Å². The summed E-state index contributed by atoms with van der Waals surface area (Å²) in [5.74, 6) is 1.81. The minimum atomic E-state index is -0.454. The molecule has 0 amide bonds. The molecule has 0 saturated carbocycles. The normalized spacial score (nSPS) is 13.6. The fourth-order valence-electron chi connectivity index (χ4n) is 9.96. The summed E-state index contributed by atoms with van der Waals surface area (Å²) in [7, 11) is 0. The molecular weight excluding hydrogens is 701 g/mol. The molecule has 0 N–H and O–H groups in total. The second-order valence-corrected chi connectivity index (χ2v) is 16.2. The molecule has 1 aliphatic heterocycles. The number of thiophene rings is 1. The van der Waals surface area contributed by atoms with E-state index >= 15 is 0 Å². The average Bonchev–Trinajstić information content (AvgIpc) is 3.92. The smallest absolute Gasteiger partial charge is 0.143 e. The number of hydrogen-bond donors (Lipinski definition) is 0. The molecule has 56 heavy (non-hydrogen) atoms. The highest BCUT2D eigenvalue weighted by molar-refractivity contribution is 7.25. The highest BCUT2D eigenvalue weighted by Crippen LogP contribution is 2.62. The van der Waals surface area contributed by atoms with Gasteiger partial charge in [-0.15, -0.1) is 11.3 Å². The molecule has 3 heterocycles. The van der Waals surface area contributed by atoms with E-state index in [2.05, 4.69) is 182 Å². The minimum Gasteiger partial charge on any atom is -0.457 e. The van der Waals surface area contributed by atoms with E-state index in [1.165, 1.54) is 81.0 Å². The SMILES string of the molecule is c1ccc2c(c1)Oc1cc(-c3ccc4c(c3)sc3cc(-c5cccc6oc7c8ccccc8ccc7c56)ccc34)ccc1C21c2ccccc2-c2ccccc21. The van der Waals surface area contributed by atoms with E-state index in [9.17, 15) is 0 Å². The van der Waals surface area contributed by atoms with Crippen LogP contribution in [0.15, 0.2) is 186 Å². The number of para-hydroxylation sites is 1. The first kappa shape index (κ1) is 30.4. The molecular formula is C53H30O2S. The van der Waals surface area contributed by atoms with Gasteiger partial charge in [0.15, 0.2) is 0 Å². The lowest BCUT2D eigenvalue weighted by Crippen LogP contribution is -2.32. The topological polar surface area (TPSA) is 22.4 Å². The number of furan rings is 1. The molecule has 9 aromatic carbocycles. The van der Waals surface area contributed by atoms with Crippen LogP contribution in [0.5, 0.6) is 11.5 Å². The summed E-state index contributed by atoms with van der Waals surface area (Å²) in [6, 6.07) is 66.3. The van der Waals surface area contributed by atoms with Crippen LogP contribution in [0.3, 0.4) is 0 Å². The number of rotatable bonds is 2. The lowest BCUT2D eigenvalue weighted by Gasteiger charge is -2.39. The highest BCUT2D eigenvalue weighted by Gasteiger charge is 2.50. The Hall–Kier alpha value is -6.94. The number of fused-ring (bicyclic) bond motifs is 17. The molecule has 1 aliphatic carbocycles. The molecule has 2 nitrogen and oxygen atoms in total. The van der Waals surface area contributed by atoms with E-state index in [-0.39, 0.29) is 0 Å². The molecule has 3 heteroatoms. The maximum Gasteiger partial charge on any atom is 0.143 e. The third kappa shape index (κ3) is 3.95. The lowest BCUT2D eigenvalue weighted by atomic mass is 9.66. The summed E-state index contributed by atoms with van der Waals surface area (Å²) in [6.07, 6.45) is 0. The zero-order valence-corrected chi connectivity index (χ0v) is 30.9. The van der Waals surface area contributed by atoms with Gasteiger partial charge in [0.1, 0.15) is 22.7 Å². The van der Waals surface area contributed by atoms with Crippen LogP contribution in [-0.2, 0) is 5.41 Å². The first-order valence-corrected chi connectivity index (χ1v) is 20.0. The van der Waals surface area contributed by atoms with Gasteiger partial charge in [0.2, 0.25) is 0 Å². The Morgan fingerprint density at radius 2 is 1.00 bits per heavy atom. The predicted molar refractivity (Wildman–Crippen MR) is 232 cm³/mol. The van der Waals surface area contributed by atoms with Crippen LogP contribution in [0.1, 0.15) is 22.3 Å². The van der Waals surface area contributed by atoms with Gasteiger partial charge < -0.3 is 9.15 Å². The van der Waals surface area contributed by atoms with Gasteiger partial charge in [-0.05, 0) is 86.3 Å². The summed E-state index contributed by atoms with van der Waals surface area (Å²) in [5.41, 5.74) is 13.7. The van der Waals surface area contributed by atoms with Crippen LogP contribution in [0, 0.1) is 0 Å². The third-order valence-corrected chi connectivity index (χ3v) is 13.5. The van der Waals surface area contributed by atoms with Crippen molar-refractivity contribution in [2.24, 2.45) is 0 Å². The quantitative estimate of drug-likeness (QED) is 0.177. The Balaban J connectivity index is 0.938. The van der Waals surface area contributed by atoms with Crippen molar-refractivity contribution in [2.45, 2.75) is 5.41 Å². The summed E-state index contributed by atoms with van der Waals surface area (Å²) >= 11 is 1.86. The van der Waals surface area contributed by atoms with E-state index in [4.69, 9.17) is 9.15 Å². The Bertz CT molecular complexity index is 3430. The first-order chi connectivity index (χ1) is 27.7. The second-order valence-electron chi connectivity index (χ2n) is 15.1. The summed E-state index contributed by atoms with van der Waals surface area (Å²) in [5, 5.41) is 7.21. The van der Waals surface area contributed by atoms with Crippen molar-refractivity contribution >= 4 is 64.2 Å². The second kappa shape index (κ2) is 11.1. The third-order valence-electron chi connectivity index (χ3n) is 12.4. The molecule has 13 rings (SSSR count). The van der Waals surface area contributed by atoms with E-state index in [1.807, 2.05) is 11.3 Å². The van der Waals surface area contributed by atoms with Gasteiger partial charge in [0, 0.05) is 47.5 Å². The predicted octanol–water partition coefficient (Wildman–Crippen LogP) is 14.9. The lowest BCUT2D eigenvalue weighted by molar-refractivity contribution is 0.436. The van der Waals surface area contributed by atoms with Crippen molar-refractivity contribution in [3.8, 4) is 44.9 Å². The van der Waals surface area contributed by atoms with Gasteiger partial charge in [-0.2, -0.15) is 0 Å². The molecule has 1 spiro atoms. The van der Waals surface area contributed by atoms with E-state index in [0.717, 1.165) is 39.0 Å². The van der Waals surface area contributed by atoms with Crippen LogP contribution in [0.25, 0.3) is 86.3 Å². The van der Waals surface area contributed by atoms with E-state index in [0.29, 0.717) is 0 Å². The largest absolute Gasteiger partial charge is 0.457 e. The summed E-state index contributed by atoms with van der Waals surface area (Å²) < 4.78 is 15.9. The first-order valence-electron chi connectivity index (χ1n) is 19.2. The van der Waals surface area contributed by atoms with Crippen LogP contribution >= 0.6 is 11.3 Å². The highest BCUT2D eigenvalue weighted by atomic mass is 32.1. The van der Waals surface area contributed by atoms with Crippen LogP contribution < -0.4 is 4.74 Å². The van der Waals surface area contributed by atoms with Gasteiger partial charge in [-0.3, -0.25) is 0 Å². The van der Waals surface area contributed by atoms with E-state index < -0.39 is 5.41 Å². The fourth-order valence-corrected chi connectivity index (χ4v) is 11.1. The Morgan fingerprint density at radius 1 is 0.393 bits per heavy atom. The van der Waals surface area contributed by atoms with Crippen LogP contribution in [0.2, 0.25) is 0 Å². The average molecular weight is 731 g/mol. The standard InChI is InChI=1S/C53H30O2S/c1-2-11-36-31(10-1)20-26-41-51-35(14-9-19-47(51)55-52(36)41)34-22-25-40-39-24-21-33(29-49(39)56-50(40)30-34)32-23-27-45-48(28-32)54-46-18-8-7-17-44(46)53(45)42-15-5-3-12-37(42)38-13-4-6-16-43(38)53/h1-30H. The number of ether oxygens (including phenoxy) is 1. The molecule has 2 aromatic heterocycles. The number of hydrogen-bond acceptors (Lipinski definition) is 3. The molecule has 0 unspecified atom stereocenters. The minimum absolute atomic E-state index is 0.454. The Labute approximate surface area is 326 Å². The fraction of sp³-hybridized carbons (Fsp3) is 0.0189. The van der Waals surface area contributed by atoms with Crippen LogP contribution in [-0.4, -0.2) is 0 Å². The zero-order chi connectivity index (χ0) is 36.5. The van der Waals surface area contributed by atoms with Crippen molar-refractivity contribution in [2.75, 3.05) is 0 Å². The molecule has 0 saturated heterocycles. The molecule has 2 aliphatic rings. The van der Waals surface area contributed by atoms with Crippen molar-refractivity contribution in [3.63, 3.8) is 0 Å². The van der Waals surface area contributed by atoms with Gasteiger partial charge in [0.25, 0.3) is 0 Å². The van der Waals surface area contributed by atoms with Gasteiger partial charge >= 0.3 is 0 Å². The molecule has 11 aromatic rings. The maximum atomic E-state index is 6.82. The van der Waals surface area contributed by atoms with Gasteiger partial charge in [-0.25, -0.2) is 0 Å². The van der Waals surface area contributed by atoms with Crippen molar-refractivity contribution < 1.29 is 9.15 Å². The molecule has 0 fully saturated rings. The zero-order valence-electron chi connectivity index (χ0n) is 30.0. The summed E-state index contributed by atoms with van der Waals surface area (Å²) in [4.78, 5) is 0. The van der Waals surface area contributed by atoms with E-state index in [1.54, 1.807) is 0 Å². The Morgan fingerprint density at radius 3 is 1.82 bits per heavy atom. The van der Waals surface area contributed by atoms with Crippen LogP contribution in [0.4, 0.5) is 0 Å². The Kier molecular flexibility index (Phi) is 6.01. The molecule has 0 radical (unpaired) electrons. The molecule has 260 valence electrons. The van der Waals surface area contributed by atoms with Gasteiger partial charge in [-0.1, -0.05) is 146 Å².